The fourth-order valence-electron chi connectivity index (χ4n) is 2.56. The molecule has 0 spiro atoms. The molecule has 0 aliphatic rings. The van der Waals surface area contributed by atoms with E-state index < -0.39 is 0 Å². The van der Waals surface area contributed by atoms with Crippen molar-refractivity contribution in [1.29, 1.82) is 0 Å². The normalized spacial score (nSPS) is 10.3. The minimum atomic E-state index is -0.271. The number of hydrogen-bond donors (Lipinski definition) is 3. The van der Waals surface area contributed by atoms with Gasteiger partial charge in [0.2, 0.25) is 11.8 Å². The molecule has 7 heteroatoms. The Morgan fingerprint density at radius 3 is 2.41 bits per heavy atom. The van der Waals surface area contributed by atoms with Crippen LogP contribution in [0.3, 0.4) is 0 Å². The maximum atomic E-state index is 12.3. The van der Waals surface area contributed by atoms with Gasteiger partial charge in [0.25, 0.3) is 5.56 Å². The van der Waals surface area contributed by atoms with Crippen LogP contribution in [0.1, 0.15) is 12.5 Å². The number of hydrogen-bond acceptors (Lipinski definition) is 4. The SMILES string of the molecule is CC(=O)Nc1ccc(CC(=O)Nc2cccc(-c3ccc(=O)[nH]n3)c2)cc1. The number of carbonyl (C=O) groups is 2. The third-order valence-electron chi connectivity index (χ3n) is 3.76. The maximum Gasteiger partial charge on any atom is 0.264 e. The highest BCUT2D eigenvalue weighted by Crippen LogP contribution is 2.20. The summed E-state index contributed by atoms with van der Waals surface area (Å²) in [5, 5.41) is 11.9. The molecule has 27 heavy (non-hydrogen) atoms. The lowest BCUT2D eigenvalue weighted by molar-refractivity contribution is -0.116. The molecule has 0 unspecified atom stereocenters. The van der Waals surface area contributed by atoms with Crippen molar-refractivity contribution in [3.05, 3.63) is 76.6 Å². The molecular weight excluding hydrogens is 344 g/mol. The molecule has 0 aliphatic carbocycles. The van der Waals surface area contributed by atoms with Gasteiger partial charge >= 0.3 is 0 Å². The fraction of sp³-hybridized carbons (Fsp3) is 0.100. The predicted molar refractivity (Wildman–Crippen MR) is 103 cm³/mol. The summed E-state index contributed by atoms with van der Waals surface area (Å²) in [6.45, 7) is 1.44. The molecule has 1 aromatic heterocycles. The van der Waals surface area contributed by atoms with E-state index in [0.717, 1.165) is 11.1 Å². The number of H-pyrrole nitrogens is 1. The average Bonchev–Trinajstić information content (AvgIpc) is 2.64. The third-order valence-corrected chi connectivity index (χ3v) is 3.76. The summed E-state index contributed by atoms with van der Waals surface area (Å²) in [5.41, 5.74) is 3.28. The number of anilines is 2. The van der Waals surface area contributed by atoms with Crippen LogP contribution in [0.4, 0.5) is 11.4 Å². The van der Waals surface area contributed by atoms with Crippen LogP contribution in [0, 0.1) is 0 Å². The van der Waals surface area contributed by atoms with E-state index in [0.29, 0.717) is 17.1 Å². The lowest BCUT2D eigenvalue weighted by Crippen LogP contribution is -2.14. The van der Waals surface area contributed by atoms with Gasteiger partial charge in [0.15, 0.2) is 0 Å². The smallest absolute Gasteiger partial charge is 0.264 e. The molecule has 0 atom stereocenters. The van der Waals surface area contributed by atoms with E-state index in [1.807, 2.05) is 6.07 Å². The number of amides is 2. The molecule has 0 fully saturated rings. The van der Waals surface area contributed by atoms with Crippen LogP contribution in [0.2, 0.25) is 0 Å². The second kappa shape index (κ2) is 8.09. The summed E-state index contributed by atoms with van der Waals surface area (Å²) in [6, 6.07) is 17.4. The summed E-state index contributed by atoms with van der Waals surface area (Å²) in [7, 11) is 0. The summed E-state index contributed by atoms with van der Waals surface area (Å²) < 4.78 is 0. The molecule has 0 aliphatic heterocycles. The van der Waals surface area contributed by atoms with E-state index in [9.17, 15) is 14.4 Å². The lowest BCUT2D eigenvalue weighted by atomic mass is 10.1. The van der Waals surface area contributed by atoms with Crippen molar-refractivity contribution in [2.24, 2.45) is 0 Å². The molecule has 3 N–H and O–H groups in total. The van der Waals surface area contributed by atoms with Crippen LogP contribution in [-0.4, -0.2) is 22.0 Å². The van der Waals surface area contributed by atoms with Gasteiger partial charge in [0.05, 0.1) is 12.1 Å². The van der Waals surface area contributed by atoms with Crippen LogP contribution in [0.25, 0.3) is 11.3 Å². The van der Waals surface area contributed by atoms with E-state index >= 15 is 0 Å². The minimum absolute atomic E-state index is 0.141. The Morgan fingerprint density at radius 1 is 0.963 bits per heavy atom. The van der Waals surface area contributed by atoms with Crippen LogP contribution >= 0.6 is 0 Å². The Balaban J connectivity index is 1.65. The number of benzene rings is 2. The van der Waals surface area contributed by atoms with Crippen molar-refractivity contribution in [3.63, 3.8) is 0 Å². The first-order chi connectivity index (χ1) is 13.0. The highest BCUT2D eigenvalue weighted by molar-refractivity contribution is 5.93. The van der Waals surface area contributed by atoms with Crippen molar-refractivity contribution >= 4 is 23.2 Å². The molecule has 2 aromatic carbocycles. The molecule has 0 saturated heterocycles. The summed E-state index contributed by atoms with van der Waals surface area (Å²) in [5.74, 6) is -0.300. The molecule has 0 bridgehead atoms. The predicted octanol–water partition coefficient (Wildman–Crippen LogP) is 2.58. The Labute approximate surface area is 155 Å². The van der Waals surface area contributed by atoms with Crippen LogP contribution in [0.5, 0.6) is 0 Å². The van der Waals surface area contributed by atoms with Crippen LogP contribution in [-0.2, 0) is 16.0 Å². The zero-order valence-corrected chi connectivity index (χ0v) is 14.7. The number of nitrogens with one attached hydrogen (secondary N) is 3. The largest absolute Gasteiger partial charge is 0.326 e. The molecule has 3 aromatic rings. The molecule has 0 saturated carbocycles. The molecule has 3 rings (SSSR count). The first-order valence-electron chi connectivity index (χ1n) is 8.32. The van der Waals surface area contributed by atoms with Gasteiger partial charge in [0, 0.05) is 29.9 Å². The van der Waals surface area contributed by atoms with Crippen molar-refractivity contribution in [2.45, 2.75) is 13.3 Å². The van der Waals surface area contributed by atoms with Crippen LogP contribution < -0.4 is 16.2 Å². The van der Waals surface area contributed by atoms with E-state index in [1.54, 1.807) is 48.5 Å². The zero-order valence-electron chi connectivity index (χ0n) is 14.7. The maximum absolute atomic E-state index is 12.3. The van der Waals surface area contributed by atoms with Gasteiger partial charge in [-0.05, 0) is 35.9 Å². The number of nitrogens with zero attached hydrogens (tertiary/aromatic N) is 1. The molecule has 2 amide bonds. The molecular formula is C20H18N4O3. The van der Waals surface area contributed by atoms with E-state index in [4.69, 9.17) is 0 Å². The van der Waals surface area contributed by atoms with Crippen molar-refractivity contribution < 1.29 is 9.59 Å². The number of aromatic amines is 1. The van der Waals surface area contributed by atoms with Crippen molar-refractivity contribution in [2.75, 3.05) is 10.6 Å². The number of carbonyl (C=O) groups excluding carboxylic acids is 2. The molecule has 1 heterocycles. The number of aromatic nitrogens is 2. The van der Waals surface area contributed by atoms with Gasteiger partial charge in [-0.1, -0.05) is 24.3 Å². The first-order valence-corrected chi connectivity index (χ1v) is 8.32. The van der Waals surface area contributed by atoms with E-state index in [1.165, 1.54) is 13.0 Å². The highest BCUT2D eigenvalue weighted by Gasteiger charge is 2.07. The molecule has 7 nitrogen and oxygen atoms in total. The van der Waals surface area contributed by atoms with Crippen molar-refractivity contribution in [1.82, 2.24) is 10.2 Å². The standard InChI is InChI=1S/C20H18N4O3/c1-13(25)21-16-7-5-14(6-8-16)11-20(27)22-17-4-2-3-15(12-17)18-9-10-19(26)24-23-18/h2-10,12H,11H2,1H3,(H,21,25)(H,22,27)(H,24,26). The Bertz CT molecular complexity index is 1010. The van der Waals surface area contributed by atoms with Crippen molar-refractivity contribution in [3.8, 4) is 11.3 Å². The zero-order chi connectivity index (χ0) is 19.2. The second-order valence-corrected chi connectivity index (χ2v) is 5.99. The second-order valence-electron chi connectivity index (χ2n) is 5.99. The first kappa shape index (κ1) is 18.1. The minimum Gasteiger partial charge on any atom is -0.326 e. The van der Waals surface area contributed by atoms with Gasteiger partial charge in [-0.25, -0.2) is 5.10 Å². The molecule has 136 valence electrons. The van der Waals surface area contributed by atoms with Gasteiger partial charge in [-0.15, -0.1) is 0 Å². The molecule has 0 radical (unpaired) electrons. The van der Waals surface area contributed by atoms with E-state index in [2.05, 4.69) is 20.8 Å². The topological polar surface area (TPSA) is 104 Å². The quantitative estimate of drug-likeness (QED) is 0.649. The monoisotopic (exact) mass is 362 g/mol. The Morgan fingerprint density at radius 2 is 1.74 bits per heavy atom. The van der Waals surface area contributed by atoms with Gasteiger partial charge in [0.1, 0.15) is 0 Å². The summed E-state index contributed by atoms with van der Waals surface area (Å²) in [6.07, 6.45) is 0.210. The highest BCUT2D eigenvalue weighted by atomic mass is 16.2. The van der Waals surface area contributed by atoms with Gasteiger partial charge in [-0.2, -0.15) is 5.10 Å². The number of rotatable bonds is 5. The fourth-order valence-corrected chi connectivity index (χ4v) is 2.56. The van der Waals surface area contributed by atoms with Crippen LogP contribution in [0.15, 0.2) is 65.5 Å². The van der Waals surface area contributed by atoms with Gasteiger partial charge < -0.3 is 10.6 Å². The third kappa shape index (κ3) is 5.12. The average molecular weight is 362 g/mol. The lowest BCUT2D eigenvalue weighted by Gasteiger charge is -2.08. The Hall–Kier alpha value is -3.74. The summed E-state index contributed by atoms with van der Waals surface area (Å²) >= 11 is 0. The van der Waals surface area contributed by atoms with Gasteiger partial charge in [-0.3, -0.25) is 14.4 Å². The van der Waals surface area contributed by atoms with E-state index in [-0.39, 0.29) is 23.8 Å². The Kier molecular flexibility index (Phi) is 5.41. The summed E-state index contributed by atoms with van der Waals surface area (Å²) in [4.78, 5) is 34.4.